The number of hydrogen-bond donors (Lipinski definition) is 1. The number of hydrogen-bond acceptors (Lipinski definition) is 2. The summed E-state index contributed by atoms with van der Waals surface area (Å²) >= 11 is 0. The standard InChI is InChI=1S/C16H26N4/c1-7-20-11(2)8-15(13(20)4)9-17-10-16-12(3)18-19(6)14(16)5/h8,17H,7,9-10H2,1-6H3. The first-order valence-electron chi connectivity index (χ1n) is 7.31. The molecule has 2 aromatic rings. The molecular formula is C16H26N4. The van der Waals surface area contributed by atoms with E-state index in [0.29, 0.717) is 0 Å². The van der Waals surface area contributed by atoms with Gasteiger partial charge in [0.2, 0.25) is 0 Å². The number of aromatic nitrogens is 3. The molecule has 2 aromatic heterocycles. The van der Waals surface area contributed by atoms with E-state index in [4.69, 9.17) is 0 Å². The van der Waals surface area contributed by atoms with E-state index in [0.717, 1.165) is 25.3 Å². The third-order valence-corrected chi connectivity index (χ3v) is 4.27. The van der Waals surface area contributed by atoms with Crippen molar-refractivity contribution in [2.75, 3.05) is 0 Å². The van der Waals surface area contributed by atoms with Crippen molar-refractivity contribution in [3.05, 3.63) is 40.0 Å². The van der Waals surface area contributed by atoms with Crippen LogP contribution in [0.5, 0.6) is 0 Å². The van der Waals surface area contributed by atoms with Crippen LogP contribution in [0.1, 0.15) is 40.8 Å². The molecule has 2 heterocycles. The van der Waals surface area contributed by atoms with Crippen LogP contribution in [0.3, 0.4) is 0 Å². The van der Waals surface area contributed by atoms with E-state index in [1.54, 1.807) is 0 Å². The molecule has 4 heteroatoms. The highest BCUT2D eigenvalue weighted by molar-refractivity contribution is 5.27. The van der Waals surface area contributed by atoms with Crippen LogP contribution in [0.15, 0.2) is 6.07 Å². The van der Waals surface area contributed by atoms with Crippen molar-refractivity contribution in [3.8, 4) is 0 Å². The van der Waals surface area contributed by atoms with Gasteiger partial charge in [-0.05, 0) is 46.2 Å². The summed E-state index contributed by atoms with van der Waals surface area (Å²) in [6.07, 6.45) is 0. The molecule has 4 nitrogen and oxygen atoms in total. The van der Waals surface area contributed by atoms with Gasteiger partial charge in [0.05, 0.1) is 5.69 Å². The second-order valence-electron chi connectivity index (χ2n) is 5.52. The molecule has 20 heavy (non-hydrogen) atoms. The Morgan fingerprint density at radius 3 is 2.30 bits per heavy atom. The lowest BCUT2D eigenvalue weighted by Gasteiger charge is -2.08. The van der Waals surface area contributed by atoms with Gasteiger partial charge in [0, 0.05) is 49.3 Å². The summed E-state index contributed by atoms with van der Waals surface area (Å²) in [5.74, 6) is 0. The average molecular weight is 274 g/mol. The molecule has 0 aromatic carbocycles. The molecule has 0 saturated carbocycles. The van der Waals surface area contributed by atoms with E-state index >= 15 is 0 Å². The van der Waals surface area contributed by atoms with Gasteiger partial charge in [-0.15, -0.1) is 0 Å². The summed E-state index contributed by atoms with van der Waals surface area (Å²) in [6, 6.07) is 2.29. The first kappa shape index (κ1) is 14.9. The summed E-state index contributed by atoms with van der Waals surface area (Å²) in [7, 11) is 2.00. The van der Waals surface area contributed by atoms with Crippen molar-refractivity contribution in [1.82, 2.24) is 19.7 Å². The fourth-order valence-corrected chi connectivity index (χ4v) is 2.93. The molecule has 0 bridgehead atoms. The Balaban J connectivity index is 2.03. The monoisotopic (exact) mass is 274 g/mol. The lowest BCUT2D eigenvalue weighted by atomic mass is 10.2. The van der Waals surface area contributed by atoms with Crippen LogP contribution in [0.2, 0.25) is 0 Å². The molecule has 0 saturated heterocycles. The van der Waals surface area contributed by atoms with Gasteiger partial charge >= 0.3 is 0 Å². The van der Waals surface area contributed by atoms with Gasteiger partial charge in [-0.3, -0.25) is 4.68 Å². The third kappa shape index (κ3) is 2.66. The maximum atomic E-state index is 4.46. The highest BCUT2D eigenvalue weighted by atomic mass is 15.3. The fourth-order valence-electron chi connectivity index (χ4n) is 2.93. The van der Waals surface area contributed by atoms with Crippen LogP contribution in [0.4, 0.5) is 0 Å². The van der Waals surface area contributed by atoms with Gasteiger partial charge in [0.1, 0.15) is 0 Å². The van der Waals surface area contributed by atoms with Gasteiger partial charge in [0.25, 0.3) is 0 Å². The van der Waals surface area contributed by atoms with E-state index in [-0.39, 0.29) is 0 Å². The van der Waals surface area contributed by atoms with Gasteiger partial charge < -0.3 is 9.88 Å². The van der Waals surface area contributed by atoms with Crippen molar-refractivity contribution >= 4 is 0 Å². The van der Waals surface area contributed by atoms with Gasteiger partial charge in [-0.25, -0.2) is 0 Å². The van der Waals surface area contributed by atoms with Crippen molar-refractivity contribution < 1.29 is 0 Å². The Labute approximate surface area is 121 Å². The smallest absolute Gasteiger partial charge is 0.0641 e. The van der Waals surface area contributed by atoms with Crippen molar-refractivity contribution in [2.24, 2.45) is 7.05 Å². The second kappa shape index (κ2) is 5.83. The first-order chi connectivity index (χ1) is 9.45. The Morgan fingerprint density at radius 2 is 1.80 bits per heavy atom. The summed E-state index contributed by atoms with van der Waals surface area (Å²) in [5.41, 5.74) is 7.79. The summed E-state index contributed by atoms with van der Waals surface area (Å²) in [5, 5.41) is 8.01. The maximum Gasteiger partial charge on any atom is 0.0641 e. The van der Waals surface area contributed by atoms with Gasteiger partial charge in [-0.2, -0.15) is 5.10 Å². The van der Waals surface area contributed by atoms with E-state index in [2.05, 4.69) is 55.7 Å². The second-order valence-corrected chi connectivity index (χ2v) is 5.52. The number of aryl methyl sites for hydroxylation is 3. The molecule has 0 fully saturated rings. The van der Waals surface area contributed by atoms with Crippen LogP contribution in [0, 0.1) is 27.7 Å². The Kier molecular flexibility index (Phi) is 4.33. The predicted molar refractivity (Wildman–Crippen MR) is 82.8 cm³/mol. The van der Waals surface area contributed by atoms with Crippen LogP contribution >= 0.6 is 0 Å². The highest BCUT2D eigenvalue weighted by Crippen LogP contribution is 2.16. The molecule has 0 amide bonds. The zero-order valence-electron chi connectivity index (χ0n) is 13.5. The van der Waals surface area contributed by atoms with Crippen LogP contribution in [-0.4, -0.2) is 14.3 Å². The zero-order valence-corrected chi connectivity index (χ0v) is 13.5. The van der Waals surface area contributed by atoms with Gasteiger partial charge in [-0.1, -0.05) is 0 Å². The van der Waals surface area contributed by atoms with E-state index < -0.39 is 0 Å². The molecule has 0 aliphatic rings. The predicted octanol–water partition coefficient (Wildman–Crippen LogP) is 2.76. The van der Waals surface area contributed by atoms with E-state index in [1.807, 2.05) is 11.7 Å². The topological polar surface area (TPSA) is 34.8 Å². The Bertz CT molecular complexity index is 605. The minimum absolute atomic E-state index is 0.876. The maximum absolute atomic E-state index is 4.46. The van der Waals surface area contributed by atoms with Gasteiger partial charge in [0.15, 0.2) is 0 Å². The molecule has 0 atom stereocenters. The molecule has 0 aliphatic heterocycles. The summed E-state index contributed by atoms with van der Waals surface area (Å²) < 4.78 is 4.31. The minimum atomic E-state index is 0.876. The SMILES string of the molecule is CCn1c(C)cc(CNCc2c(C)nn(C)c2C)c1C. The van der Waals surface area contributed by atoms with Crippen LogP contribution in [0.25, 0.3) is 0 Å². The molecule has 0 spiro atoms. The molecule has 0 unspecified atom stereocenters. The lowest BCUT2D eigenvalue weighted by Crippen LogP contribution is -2.14. The van der Waals surface area contributed by atoms with Crippen LogP contribution in [-0.2, 0) is 26.7 Å². The Morgan fingerprint density at radius 1 is 1.10 bits per heavy atom. The molecular weight excluding hydrogens is 248 g/mol. The number of nitrogens with one attached hydrogen (secondary N) is 1. The normalized spacial score (nSPS) is 11.3. The van der Waals surface area contributed by atoms with E-state index in [1.165, 1.54) is 28.2 Å². The minimum Gasteiger partial charge on any atom is -0.349 e. The average Bonchev–Trinajstić information content (AvgIpc) is 2.80. The zero-order chi connectivity index (χ0) is 14.9. The number of nitrogens with zero attached hydrogens (tertiary/aromatic N) is 3. The lowest BCUT2D eigenvalue weighted by molar-refractivity contribution is 0.670. The Hall–Kier alpha value is -1.55. The largest absolute Gasteiger partial charge is 0.349 e. The molecule has 1 N–H and O–H groups in total. The molecule has 0 aliphatic carbocycles. The quantitative estimate of drug-likeness (QED) is 0.910. The molecule has 0 radical (unpaired) electrons. The van der Waals surface area contributed by atoms with E-state index in [9.17, 15) is 0 Å². The molecule has 110 valence electrons. The molecule has 2 rings (SSSR count). The van der Waals surface area contributed by atoms with Crippen LogP contribution < -0.4 is 5.32 Å². The first-order valence-corrected chi connectivity index (χ1v) is 7.31. The summed E-state index contributed by atoms with van der Waals surface area (Å²) in [4.78, 5) is 0. The third-order valence-electron chi connectivity index (χ3n) is 4.27. The summed E-state index contributed by atoms with van der Waals surface area (Å²) in [6.45, 7) is 13.6. The number of rotatable bonds is 5. The van der Waals surface area contributed by atoms with Crippen molar-refractivity contribution in [1.29, 1.82) is 0 Å². The van der Waals surface area contributed by atoms with Crippen molar-refractivity contribution in [3.63, 3.8) is 0 Å². The highest BCUT2D eigenvalue weighted by Gasteiger charge is 2.10. The van der Waals surface area contributed by atoms with Crippen molar-refractivity contribution in [2.45, 2.75) is 54.3 Å². The fraction of sp³-hybridized carbons (Fsp3) is 0.562.